The summed E-state index contributed by atoms with van der Waals surface area (Å²) in [5, 5.41) is 10.7. The average molecular weight is 333 g/mol. The third kappa shape index (κ3) is 3.98. The van der Waals surface area contributed by atoms with Gasteiger partial charge >= 0.3 is 0 Å². The topological polar surface area (TPSA) is 96.8 Å². The molecule has 6 nitrogen and oxygen atoms in total. The highest BCUT2D eigenvalue weighted by atomic mass is 16.3. The molecule has 2 aromatic carbocycles. The van der Waals surface area contributed by atoms with Crippen LogP contribution in [0.25, 0.3) is 10.9 Å². The number of aromatic nitrogens is 2. The van der Waals surface area contributed by atoms with Crippen LogP contribution in [-0.2, 0) is 0 Å². The third-order valence-corrected chi connectivity index (χ3v) is 3.69. The summed E-state index contributed by atoms with van der Waals surface area (Å²) in [7, 11) is 0. The number of aryl methyl sites for hydroxylation is 2. The van der Waals surface area contributed by atoms with Crippen molar-refractivity contribution < 1.29 is 5.11 Å². The number of nitrogens with two attached hydrogens (primary N) is 1. The van der Waals surface area contributed by atoms with Gasteiger partial charge in [-0.15, -0.1) is 0 Å². The Morgan fingerprint density at radius 1 is 1.16 bits per heavy atom. The quantitative estimate of drug-likeness (QED) is 0.566. The molecule has 0 saturated heterocycles. The highest BCUT2D eigenvalue weighted by Gasteiger charge is 2.05. The lowest BCUT2D eigenvalue weighted by atomic mass is 10.1. The van der Waals surface area contributed by atoms with Crippen molar-refractivity contribution in [2.24, 2.45) is 15.7 Å². The minimum Gasteiger partial charge on any atom is -0.507 e. The van der Waals surface area contributed by atoms with Gasteiger partial charge in [-0.1, -0.05) is 23.8 Å². The monoisotopic (exact) mass is 333 g/mol. The maximum atomic E-state index is 9.69. The summed E-state index contributed by atoms with van der Waals surface area (Å²) >= 11 is 0. The Hall–Kier alpha value is -3.28. The van der Waals surface area contributed by atoms with Crippen molar-refractivity contribution >= 4 is 28.9 Å². The number of aromatic hydroxyl groups is 1. The molecule has 0 atom stereocenters. The van der Waals surface area contributed by atoms with E-state index in [-0.39, 0.29) is 12.3 Å². The lowest BCUT2D eigenvalue weighted by Gasteiger charge is -2.04. The summed E-state index contributed by atoms with van der Waals surface area (Å²) in [6, 6.07) is 13.0. The first-order valence-corrected chi connectivity index (χ1v) is 7.89. The van der Waals surface area contributed by atoms with Gasteiger partial charge in [-0.05, 0) is 38.1 Å². The van der Waals surface area contributed by atoms with Crippen molar-refractivity contribution in [2.75, 3.05) is 6.54 Å². The number of phenolic OH excluding ortho intramolecular Hbond substituents is 1. The smallest absolute Gasteiger partial charge is 0.251 e. The molecule has 0 saturated carbocycles. The molecule has 0 aliphatic heterocycles. The summed E-state index contributed by atoms with van der Waals surface area (Å²) in [5.41, 5.74) is 9.40. The number of fused-ring (bicyclic) bond motifs is 1. The van der Waals surface area contributed by atoms with E-state index in [2.05, 4.69) is 26.0 Å². The molecule has 6 heteroatoms. The van der Waals surface area contributed by atoms with Gasteiger partial charge in [0.25, 0.3) is 5.95 Å². The Morgan fingerprint density at radius 2 is 1.96 bits per heavy atom. The minimum absolute atomic E-state index is 0.172. The van der Waals surface area contributed by atoms with Crippen molar-refractivity contribution in [3.8, 4) is 5.75 Å². The number of nitrogens with zero attached hydrogens (tertiary/aromatic N) is 4. The van der Waals surface area contributed by atoms with Gasteiger partial charge in [0.15, 0.2) is 0 Å². The van der Waals surface area contributed by atoms with E-state index in [1.54, 1.807) is 24.4 Å². The first kappa shape index (κ1) is 16.6. The van der Waals surface area contributed by atoms with E-state index in [9.17, 15) is 5.11 Å². The van der Waals surface area contributed by atoms with E-state index >= 15 is 0 Å². The number of amidine groups is 1. The molecule has 0 aliphatic rings. The highest BCUT2D eigenvalue weighted by Crippen LogP contribution is 2.19. The molecule has 0 unspecified atom stereocenters. The molecule has 3 rings (SSSR count). The van der Waals surface area contributed by atoms with Gasteiger partial charge < -0.3 is 10.8 Å². The number of aliphatic imine (C=N–C) groups is 2. The van der Waals surface area contributed by atoms with Gasteiger partial charge in [-0.3, -0.25) is 4.99 Å². The second-order valence-electron chi connectivity index (χ2n) is 5.76. The number of hydrogen-bond acceptors (Lipinski definition) is 5. The zero-order chi connectivity index (χ0) is 17.8. The van der Waals surface area contributed by atoms with Gasteiger partial charge in [0.05, 0.1) is 17.8 Å². The zero-order valence-corrected chi connectivity index (χ0v) is 14.1. The zero-order valence-electron chi connectivity index (χ0n) is 14.1. The first-order valence-electron chi connectivity index (χ1n) is 7.89. The maximum Gasteiger partial charge on any atom is 0.251 e. The Balaban J connectivity index is 1.79. The van der Waals surface area contributed by atoms with Crippen molar-refractivity contribution in [1.29, 1.82) is 0 Å². The first-order chi connectivity index (χ1) is 12.0. The number of para-hydroxylation sites is 1. The molecule has 0 radical (unpaired) electrons. The number of rotatable bonds is 4. The lowest BCUT2D eigenvalue weighted by molar-refractivity contribution is 0.474. The van der Waals surface area contributed by atoms with E-state index in [4.69, 9.17) is 5.73 Å². The van der Waals surface area contributed by atoms with Crippen LogP contribution < -0.4 is 5.73 Å². The molecular weight excluding hydrogens is 314 g/mol. The standard InChI is InChI=1S/C19H19N5O/c1-12-7-8-16-15(9-12)13(2)22-19(23-16)24-18(20)11-21-10-14-5-3-4-6-17(14)25/h3-10,25H,11H2,1-2H3,(H2,20,22,23,24). The summed E-state index contributed by atoms with van der Waals surface area (Å²) in [6.07, 6.45) is 1.56. The molecule has 0 bridgehead atoms. The van der Waals surface area contributed by atoms with Crippen LogP contribution >= 0.6 is 0 Å². The van der Waals surface area contributed by atoms with Crippen molar-refractivity contribution in [3.63, 3.8) is 0 Å². The summed E-state index contributed by atoms with van der Waals surface area (Å²) in [4.78, 5) is 17.3. The van der Waals surface area contributed by atoms with E-state index in [1.807, 2.05) is 32.0 Å². The molecule has 25 heavy (non-hydrogen) atoms. The number of hydrogen-bond donors (Lipinski definition) is 2. The van der Waals surface area contributed by atoms with Crippen LogP contribution in [0.2, 0.25) is 0 Å². The maximum absolute atomic E-state index is 9.69. The largest absolute Gasteiger partial charge is 0.507 e. The molecule has 0 fully saturated rings. The molecule has 1 heterocycles. The predicted molar refractivity (Wildman–Crippen MR) is 101 cm³/mol. The Bertz CT molecular complexity index is 979. The minimum atomic E-state index is 0.172. The summed E-state index contributed by atoms with van der Waals surface area (Å²) in [6.45, 7) is 4.16. The van der Waals surface area contributed by atoms with Gasteiger partial charge in [0, 0.05) is 17.2 Å². The fourth-order valence-corrected chi connectivity index (χ4v) is 2.43. The molecule has 1 aromatic heterocycles. The van der Waals surface area contributed by atoms with Crippen LogP contribution in [0.1, 0.15) is 16.8 Å². The molecule has 0 spiro atoms. The molecule has 0 aliphatic carbocycles. The number of benzene rings is 2. The SMILES string of the molecule is Cc1ccc2nc(N=C(N)CN=Cc3ccccc3O)nc(C)c2c1. The number of phenols is 1. The van der Waals surface area contributed by atoms with Gasteiger partial charge in [-0.25, -0.2) is 9.97 Å². The second kappa shape index (κ2) is 7.09. The van der Waals surface area contributed by atoms with Gasteiger partial charge in [-0.2, -0.15) is 4.99 Å². The normalized spacial score (nSPS) is 12.2. The van der Waals surface area contributed by atoms with Crippen LogP contribution in [0.15, 0.2) is 52.4 Å². The Kier molecular flexibility index (Phi) is 4.70. The Morgan fingerprint density at radius 3 is 2.76 bits per heavy atom. The predicted octanol–water partition coefficient (Wildman–Crippen LogP) is 3.06. The fourth-order valence-electron chi connectivity index (χ4n) is 2.43. The highest BCUT2D eigenvalue weighted by molar-refractivity contribution is 5.89. The molecule has 3 N–H and O–H groups in total. The van der Waals surface area contributed by atoms with Crippen molar-refractivity contribution in [3.05, 3.63) is 59.3 Å². The summed E-state index contributed by atoms with van der Waals surface area (Å²) < 4.78 is 0. The van der Waals surface area contributed by atoms with E-state index in [1.165, 1.54) is 0 Å². The van der Waals surface area contributed by atoms with Crippen molar-refractivity contribution in [1.82, 2.24) is 9.97 Å². The van der Waals surface area contributed by atoms with Crippen LogP contribution in [0.5, 0.6) is 5.75 Å². The van der Waals surface area contributed by atoms with Crippen LogP contribution in [0.3, 0.4) is 0 Å². The molecule has 126 valence electrons. The second-order valence-corrected chi connectivity index (χ2v) is 5.76. The molecule has 3 aromatic rings. The average Bonchev–Trinajstić information content (AvgIpc) is 2.57. The fraction of sp³-hybridized carbons (Fsp3) is 0.158. The third-order valence-electron chi connectivity index (χ3n) is 3.69. The van der Waals surface area contributed by atoms with Gasteiger partial charge in [0.2, 0.25) is 0 Å². The molecule has 0 amide bonds. The van der Waals surface area contributed by atoms with Crippen LogP contribution in [0.4, 0.5) is 5.95 Å². The van der Waals surface area contributed by atoms with E-state index in [0.29, 0.717) is 17.3 Å². The van der Waals surface area contributed by atoms with Crippen LogP contribution in [-0.4, -0.2) is 33.7 Å². The van der Waals surface area contributed by atoms with Crippen molar-refractivity contribution in [2.45, 2.75) is 13.8 Å². The van der Waals surface area contributed by atoms with Gasteiger partial charge in [0.1, 0.15) is 11.6 Å². The summed E-state index contributed by atoms with van der Waals surface area (Å²) in [5.74, 6) is 0.798. The van der Waals surface area contributed by atoms with E-state index in [0.717, 1.165) is 22.2 Å². The lowest BCUT2D eigenvalue weighted by Crippen LogP contribution is -2.15. The van der Waals surface area contributed by atoms with E-state index < -0.39 is 0 Å². The molecular formula is C19H19N5O. The van der Waals surface area contributed by atoms with Crippen LogP contribution in [0, 0.1) is 13.8 Å². The Labute approximate surface area is 145 Å².